The summed E-state index contributed by atoms with van der Waals surface area (Å²) in [7, 11) is 0. The van der Waals surface area contributed by atoms with Gasteiger partial charge in [-0.15, -0.1) is 0 Å². The Morgan fingerprint density at radius 3 is 1.80 bits per heavy atom. The van der Waals surface area contributed by atoms with Gasteiger partial charge in [0.05, 0.1) is 22.8 Å². The van der Waals surface area contributed by atoms with Gasteiger partial charge in [0, 0.05) is 44.6 Å². The summed E-state index contributed by atoms with van der Waals surface area (Å²) < 4.78 is 2.37. The number of para-hydroxylation sites is 3. The molecule has 1 atom stereocenters. The Labute approximate surface area is 298 Å². The Hall–Kier alpha value is -6.65. The first-order valence-corrected chi connectivity index (χ1v) is 17.4. The fourth-order valence-corrected chi connectivity index (χ4v) is 7.16. The van der Waals surface area contributed by atoms with Crippen LogP contribution in [-0.2, 0) is 0 Å². The summed E-state index contributed by atoms with van der Waals surface area (Å²) >= 11 is 0. The van der Waals surface area contributed by atoms with Gasteiger partial charge in [0.15, 0.2) is 0 Å². The lowest BCUT2D eigenvalue weighted by Crippen LogP contribution is -2.31. The zero-order valence-electron chi connectivity index (χ0n) is 28.3. The summed E-state index contributed by atoms with van der Waals surface area (Å²) in [5.74, 6) is 0.878. The second-order valence-electron chi connectivity index (χ2n) is 13.0. The van der Waals surface area contributed by atoms with Crippen molar-refractivity contribution in [3.05, 3.63) is 210 Å². The SMILES string of the molecule is Cc1ccc(C2=NC(c3ccc(-n4c5ccccc5c5cc(N(c6ccccc6)c6ccccc6)ccc54)cc3)=CC(c3ccccc3)N2)cc1. The smallest absolute Gasteiger partial charge is 0.134 e. The number of nitrogens with zero attached hydrogens (tertiary/aromatic N) is 3. The van der Waals surface area contributed by atoms with Crippen LogP contribution in [0.2, 0.25) is 0 Å². The highest BCUT2D eigenvalue weighted by Gasteiger charge is 2.21. The molecule has 0 saturated heterocycles. The molecule has 0 amide bonds. The lowest BCUT2D eigenvalue weighted by atomic mass is 10.00. The first-order chi connectivity index (χ1) is 25.2. The van der Waals surface area contributed by atoms with E-state index in [-0.39, 0.29) is 6.04 Å². The summed E-state index contributed by atoms with van der Waals surface area (Å²) in [4.78, 5) is 7.47. The first-order valence-electron chi connectivity index (χ1n) is 17.4. The number of amidine groups is 1. The highest BCUT2D eigenvalue weighted by Crippen LogP contribution is 2.39. The number of aryl methyl sites for hydroxylation is 1. The molecule has 0 aliphatic carbocycles. The predicted octanol–water partition coefficient (Wildman–Crippen LogP) is 11.7. The first kappa shape index (κ1) is 30.4. The van der Waals surface area contributed by atoms with Gasteiger partial charge in [-0.05, 0) is 79.2 Å². The van der Waals surface area contributed by atoms with Crippen LogP contribution >= 0.6 is 0 Å². The quantitative estimate of drug-likeness (QED) is 0.185. The van der Waals surface area contributed by atoms with Crippen molar-refractivity contribution in [3.8, 4) is 5.69 Å². The van der Waals surface area contributed by atoms with Gasteiger partial charge in [0.2, 0.25) is 0 Å². The second kappa shape index (κ2) is 13.0. The van der Waals surface area contributed by atoms with Crippen LogP contribution in [0.3, 0.4) is 0 Å². The van der Waals surface area contributed by atoms with Crippen molar-refractivity contribution in [1.82, 2.24) is 9.88 Å². The summed E-state index contributed by atoms with van der Waals surface area (Å²) in [5, 5.41) is 6.11. The van der Waals surface area contributed by atoms with Gasteiger partial charge in [-0.25, -0.2) is 4.99 Å². The topological polar surface area (TPSA) is 32.6 Å². The molecule has 1 N–H and O–H groups in total. The molecular weight excluding hydrogens is 621 g/mol. The van der Waals surface area contributed by atoms with Crippen LogP contribution in [0.15, 0.2) is 193 Å². The Bertz CT molecular complexity index is 2490. The van der Waals surface area contributed by atoms with E-state index in [4.69, 9.17) is 4.99 Å². The highest BCUT2D eigenvalue weighted by atomic mass is 15.1. The number of aromatic nitrogens is 1. The van der Waals surface area contributed by atoms with Crippen molar-refractivity contribution in [2.45, 2.75) is 13.0 Å². The van der Waals surface area contributed by atoms with E-state index in [2.05, 4.69) is 210 Å². The van der Waals surface area contributed by atoms with E-state index in [1.807, 2.05) is 0 Å². The van der Waals surface area contributed by atoms with E-state index < -0.39 is 0 Å². The van der Waals surface area contributed by atoms with E-state index in [1.165, 1.54) is 32.9 Å². The summed E-state index contributed by atoms with van der Waals surface area (Å²) in [5.41, 5.74) is 12.4. The van der Waals surface area contributed by atoms with Gasteiger partial charge in [-0.2, -0.15) is 0 Å². The van der Waals surface area contributed by atoms with E-state index in [9.17, 15) is 0 Å². The monoisotopic (exact) mass is 656 g/mol. The van der Waals surface area contributed by atoms with Crippen molar-refractivity contribution in [2.24, 2.45) is 4.99 Å². The molecule has 0 fully saturated rings. The molecule has 0 saturated carbocycles. The zero-order valence-corrected chi connectivity index (χ0v) is 28.3. The number of rotatable bonds is 7. The molecule has 0 spiro atoms. The van der Waals surface area contributed by atoms with E-state index in [0.717, 1.165) is 45.4 Å². The molecular formula is C47H36N4. The third kappa shape index (κ3) is 5.77. The average molecular weight is 657 g/mol. The van der Waals surface area contributed by atoms with Crippen LogP contribution in [0.4, 0.5) is 17.1 Å². The van der Waals surface area contributed by atoms with Crippen molar-refractivity contribution in [2.75, 3.05) is 4.90 Å². The number of hydrogen-bond acceptors (Lipinski definition) is 3. The molecule has 0 bridgehead atoms. The van der Waals surface area contributed by atoms with Crippen LogP contribution in [0, 0.1) is 6.92 Å². The highest BCUT2D eigenvalue weighted by molar-refractivity contribution is 6.10. The molecule has 2 heterocycles. The Balaban J connectivity index is 1.13. The number of anilines is 3. The average Bonchev–Trinajstić information content (AvgIpc) is 3.53. The minimum absolute atomic E-state index is 0.00699. The van der Waals surface area contributed by atoms with Gasteiger partial charge in [0.1, 0.15) is 5.84 Å². The number of hydrogen-bond donors (Lipinski definition) is 1. The Kier molecular flexibility index (Phi) is 7.75. The van der Waals surface area contributed by atoms with Gasteiger partial charge in [0.25, 0.3) is 0 Å². The Morgan fingerprint density at radius 2 is 1.12 bits per heavy atom. The Morgan fingerprint density at radius 1 is 0.529 bits per heavy atom. The van der Waals surface area contributed by atoms with Crippen molar-refractivity contribution < 1.29 is 0 Å². The van der Waals surface area contributed by atoms with Crippen LogP contribution in [0.25, 0.3) is 33.2 Å². The lowest BCUT2D eigenvalue weighted by Gasteiger charge is -2.25. The molecule has 1 aliphatic heterocycles. The van der Waals surface area contributed by atoms with E-state index >= 15 is 0 Å². The number of fused-ring (bicyclic) bond motifs is 3. The number of benzene rings is 7. The van der Waals surface area contributed by atoms with Gasteiger partial charge in [-0.1, -0.05) is 127 Å². The standard InChI is InChI=1S/C47H36N4/c1-33-21-23-36(24-22-33)47-48-43(34-13-5-2-6-14-34)32-44(49-47)35-25-27-39(28-26-35)51-45-20-12-11-19-41(45)42-31-40(29-30-46(42)51)50(37-15-7-3-8-16-37)38-17-9-4-10-18-38/h2-32,43H,1H3,(H,48,49). The molecule has 9 rings (SSSR count). The third-order valence-electron chi connectivity index (χ3n) is 9.70. The maximum atomic E-state index is 5.15. The minimum atomic E-state index is 0.00699. The number of nitrogens with one attached hydrogen (secondary N) is 1. The lowest BCUT2D eigenvalue weighted by molar-refractivity contribution is 0.781. The molecule has 1 aliphatic rings. The molecule has 1 aromatic heterocycles. The molecule has 8 aromatic rings. The largest absolute Gasteiger partial charge is 0.359 e. The fourth-order valence-electron chi connectivity index (χ4n) is 7.16. The van der Waals surface area contributed by atoms with Gasteiger partial charge in [-0.3, -0.25) is 0 Å². The normalized spacial score (nSPS) is 14.2. The number of aliphatic imine (C=N–C) groups is 1. The molecule has 4 nitrogen and oxygen atoms in total. The van der Waals surface area contributed by atoms with Crippen LogP contribution in [0.5, 0.6) is 0 Å². The van der Waals surface area contributed by atoms with Gasteiger partial charge >= 0.3 is 0 Å². The van der Waals surface area contributed by atoms with Crippen molar-refractivity contribution >= 4 is 50.4 Å². The minimum Gasteiger partial charge on any atom is -0.359 e. The molecule has 4 heteroatoms. The van der Waals surface area contributed by atoms with E-state index in [0.29, 0.717) is 0 Å². The molecule has 244 valence electrons. The van der Waals surface area contributed by atoms with E-state index in [1.54, 1.807) is 0 Å². The molecule has 0 radical (unpaired) electrons. The summed E-state index contributed by atoms with van der Waals surface area (Å²) in [6.07, 6.45) is 2.23. The van der Waals surface area contributed by atoms with Crippen molar-refractivity contribution in [3.63, 3.8) is 0 Å². The third-order valence-corrected chi connectivity index (χ3v) is 9.70. The van der Waals surface area contributed by atoms with Gasteiger partial charge < -0.3 is 14.8 Å². The summed E-state index contributed by atoms with van der Waals surface area (Å²) in [6.45, 7) is 2.11. The van der Waals surface area contributed by atoms with Crippen LogP contribution in [-0.4, -0.2) is 10.4 Å². The van der Waals surface area contributed by atoms with Crippen molar-refractivity contribution in [1.29, 1.82) is 0 Å². The molecule has 1 unspecified atom stereocenters. The maximum Gasteiger partial charge on any atom is 0.134 e. The fraction of sp³-hybridized carbons (Fsp3) is 0.0426. The van der Waals surface area contributed by atoms with Crippen LogP contribution in [0.1, 0.15) is 28.3 Å². The molecule has 7 aromatic carbocycles. The predicted molar refractivity (Wildman–Crippen MR) is 213 cm³/mol. The maximum absolute atomic E-state index is 5.15. The van der Waals surface area contributed by atoms with Crippen LogP contribution < -0.4 is 10.2 Å². The zero-order chi connectivity index (χ0) is 34.1. The molecule has 51 heavy (non-hydrogen) atoms. The summed E-state index contributed by atoms with van der Waals surface area (Å²) in [6, 6.07) is 64.6. The second-order valence-corrected chi connectivity index (χ2v) is 13.0.